The molecular formula is C22H26N4O3. The molecule has 4 N–H and O–H groups in total. The molecule has 0 bridgehead atoms. The summed E-state index contributed by atoms with van der Waals surface area (Å²) in [4.78, 5) is 28.9. The van der Waals surface area contributed by atoms with Gasteiger partial charge in [0.25, 0.3) is 5.91 Å². The maximum absolute atomic E-state index is 13.1. The second kappa shape index (κ2) is 8.36. The summed E-state index contributed by atoms with van der Waals surface area (Å²) in [5.74, 6) is -0.576. The van der Waals surface area contributed by atoms with E-state index >= 15 is 0 Å². The normalized spacial score (nSPS) is 12.4. The Morgan fingerprint density at radius 3 is 2.45 bits per heavy atom. The summed E-state index contributed by atoms with van der Waals surface area (Å²) in [5, 5.41) is 1.84. The topological polar surface area (TPSA) is 100 Å². The van der Waals surface area contributed by atoms with Crippen LogP contribution in [-0.4, -0.2) is 33.6 Å². The Labute approximate surface area is 169 Å². The summed E-state index contributed by atoms with van der Waals surface area (Å²) in [6, 6.07) is 15.8. The molecule has 0 radical (unpaired) electrons. The number of nitrogens with zero attached hydrogens (tertiary/aromatic N) is 1. The van der Waals surface area contributed by atoms with Crippen molar-refractivity contribution in [2.24, 2.45) is 5.73 Å². The first kappa shape index (κ1) is 20.4. The summed E-state index contributed by atoms with van der Waals surface area (Å²) in [5.41, 5.74) is 10.7. The van der Waals surface area contributed by atoms with Gasteiger partial charge in [-0.25, -0.2) is 4.79 Å². The number of hydrogen-bond acceptors (Lipinski definition) is 5. The van der Waals surface area contributed by atoms with E-state index in [4.69, 9.17) is 10.5 Å². The zero-order valence-electron chi connectivity index (χ0n) is 16.8. The molecular weight excluding hydrogens is 368 g/mol. The number of H-pyrrole nitrogens is 1. The summed E-state index contributed by atoms with van der Waals surface area (Å²) in [6.07, 6.45) is 1.31. The van der Waals surface area contributed by atoms with Crippen molar-refractivity contribution >= 4 is 28.6 Å². The van der Waals surface area contributed by atoms with Crippen LogP contribution in [0.3, 0.4) is 0 Å². The van der Waals surface area contributed by atoms with Gasteiger partial charge in [0.15, 0.2) is 0 Å². The Hall–Kier alpha value is -3.32. The molecule has 3 aromatic rings. The molecule has 1 atom stereocenters. The second-order valence-electron chi connectivity index (χ2n) is 7.80. The van der Waals surface area contributed by atoms with Crippen molar-refractivity contribution in [3.63, 3.8) is 0 Å². The lowest BCUT2D eigenvalue weighted by molar-refractivity contribution is -0.130. The van der Waals surface area contributed by atoms with E-state index in [-0.39, 0.29) is 6.42 Å². The Bertz CT molecular complexity index is 992. The number of carbonyl (C=O) groups excluding carboxylic acids is 2. The highest BCUT2D eigenvalue weighted by molar-refractivity contribution is 5.97. The van der Waals surface area contributed by atoms with Crippen LogP contribution in [0.5, 0.6) is 0 Å². The Balaban J connectivity index is 1.81. The van der Waals surface area contributed by atoms with Crippen LogP contribution in [-0.2, 0) is 16.0 Å². The van der Waals surface area contributed by atoms with E-state index in [0.29, 0.717) is 5.69 Å². The first-order valence-corrected chi connectivity index (χ1v) is 9.44. The number of imide groups is 1. The first-order valence-electron chi connectivity index (χ1n) is 9.44. The van der Waals surface area contributed by atoms with Crippen LogP contribution in [0.25, 0.3) is 10.9 Å². The molecule has 1 aromatic heterocycles. The fraction of sp³-hybridized carbons (Fsp3) is 0.273. The van der Waals surface area contributed by atoms with Crippen molar-refractivity contribution in [3.8, 4) is 0 Å². The number of amides is 2. The van der Waals surface area contributed by atoms with E-state index in [1.807, 2.05) is 36.5 Å². The molecule has 0 unspecified atom stereocenters. The Kier molecular flexibility index (Phi) is 5.89. The van der Waals surface area contributed by atoms with E-state index in [1.54, 1.807) is 45.0 Å². The van der Waals surface area contributed by atoms with Crippen LogP contribution in [0.2, 0.25) is 0 Å². The lowest BCUT2D eigenvalue weighted by atomic mass is 10.1. The molecule has 2 amide bonds. The molecule has 3 rings (SSSR count). The van der Waals surface area contributed by atoms with Gasteiger partial charge >= 0.3 is 6.09 Å². The third-order valence-electron chi connectivity index (χ3n) is 4.24. The van der Waals surface area contributed by atoms with Gasteiger partial charge in [-0.2, -0.15) is 5.01 Å². The van der Waals surface area contributed by atoms with Gasteiger partial charge in [0.05, 0.1) is 11.7 Å². The molecule has 0 fully saturated rings. The summed E-state index contributed by atoms with van der Waals surface area (Å²) in [6.45, 7) is 5.21. The maximum atomic E-state index is 13.1. The highest BCUT2D eigenvalue weighted by Crippen LogP contribution is 2.20. The van der Waals surface area contributed by atoms with Crippen LogP contribution in [0.15, 0.2) is 60.8 Å². The van der Waals surface area contributed by atoms with Crippen molar-refractivity contribution in [1.29, 1.82) is 0 Å². The third-order valence-corrected chi connectivity index (χ3v) is 4.24. The van der Waals surface area contributed by atoms with E-state index in [9.17, 15) is 9.59 Å². The van der Waals surface area contributed by atoms with Gasteiger partial charge in [0, 0.05) is 17.1 Å². The number of fused-ring (bicyclic) bond motifs is 1. The van der Waals surface area contributed by atoms with Crippen LogP contribution in [0.4, 0.5) is 10.5 Å². The zero-order valence-corrected chi connectivity index (χ0v) is 16.8. The monoisotopic (exact) mass is 394 g/mol. The number of anilines is 1. The molecule has 0 aliphatic rings. The van der Waals surface area contributed by atoms with Crippen molar-refractivity contribution in [2.45, 2.75) is 38.8 Å². The molecule has 0 saturated heterocycles. The first-order chi connectivity index (χ1) is 13.7. The van der Waals surface area contributed by atoms with Crippen LogP contribution < -0.4 is 11.2 Å². The molecule has 7 nitrogen and oxygen atoms in total. The molecule has 7 heteroatoms. The zero-order chi connectivity index (χ0) is 21.0. The van der Waals surface area contributed by atoms with Crippen LogP contribution >= 0.6 is 0 Å². The number of ether oxygens (including phenoxy) is 1. The number of hydrogen-bond donors (Lipinski definition) is 3. The second-order valence-corrected chi connectivity index (χ2v) is 7.80. The van der Waals surface area contributed by atoms with Gasteiger partial charge in [-0.05, 0) is 51.0 Å². The molecule has 1 heterocycles. The van der Waals surface area contributed by atoms with Gasteiger partial charge < -0.3 is 15.5 Å². The summed E-state index contributed by atoms with van der Waals surface area (Å²) >= 11 is 0. The molecule has 152 valence electrons. The maximum Gasteiger partial charge on any atom is 0.436 e. The van der Waals surface area contributed by atoms with Crippen LogP contribution in [0.1, 0.15) is 26.3 Å². The van der Waals surface area contributed by atoms with Gasteiger partial charge in [-0.3, -0.25) is 10.2 Å². The number of carbonyl (C=O) groups is 2. The van der Waals surface area contributed by atoms with Gasteiger partial charge in [-0.1, -0.05) is 36.4 Å². The van der Waals surface area contributed by atoms with Crippen molar-refractivity contribution in [2.75, 3.05) is 5.43 Å². The quantitative estimate of drug-likeness (QED) is 0.571. The average molecular weight is 394 g/mol. The van der Waals surface area contributed by atoms with E-state index in [0.717, 1.165) is 21.5 Å². The predicted octanol–water partition coefficient (Wildman–Crippen LogP) is 3.83. The highest BCUT2D eigenvalue weighted by Gasteiger charge is 2.31. The number of hydrazine groups is 1. The fourth-order valence-corrected chi connectivity index (χ4v) is 2.93. The molecule has 0 spiro atoms. The standard InChI is InChI=1S/C22H26N4O3/c1-22(2,3)29-21(28)26(25-16-9-5-4-6-10-16)20(27)18(23)13-15-14-24-19-12-8-7-11-17(15)19/h4-12,14,18,24-25H,13,23H2,1-3H3/t18-/m0/s1. The highest BCUT2D eigenvalue weighted by atomic mass is 16.6. The largest absolute Gasteiger partial charge is 0.442 e. The van der Waals surface area contributed by atoms with Gasteiger partial charge in [-0.15, -0.1) is 0 Å². The minimum absolute atomic E-state index is 0.276. The molecule has 2 aromatic carbocycles. The predicted molar refractivity (Wildman–Crippen MR) is 113 cm³/mol. The third kappa shape index (κ3) is 5.14. The fourth-order valence-electron chi connectivity index (χ4n) is 2.93. The number of aromatic amines is 1. The number of aromatic nitrogens is 1. The Morgan fingerprint density at radius 2 is 1.76 bits per heavy atom. The molecule has 0 aliphatic carbocycles. The smallest absolute Gasteiger partial charge is 0.436 e. The van der Waals surface area contributed by atoms with Gasteiger partial charge in [0.2, 0.25) is 0 Å². The van der Waals surface area contributed by atoms with Crippen molar-refractivity contribution in [3.05, 3.63) is 66.4 Å². The van der Waals surface area contributed by atoms with E-state index in [2.05, 4.69) is 10.4 Å². The van der Waals surface area contributed by atoms with Crippen molar-refractivity contribution in [1.82, 2.24) is 9.99 Å². The molecule has 29 heavy (non-hydrogen) atoms. The number of nitrogens with two attached hydrogens (primary N) is 1. The van der Waals surface area contributed by atoms with E-state index in [1.165, 1.54) is 0 Å². The summed E-state index contributed by atoms with van der Waals surface area (Å²) in [7, 11) is 0. The lowest BCUT2D eigenvalue weighted by Gasteiger charge is -2.28. The lowest BCUT2D eigenvalue weighted by Crippen LogP contribution is -2.51. The minimum Gasteiger partial charge on any atom is -0.442 e. The minimum atomic E-state index is -0.932. The summed E-state index contributed by atoms with van der Waals surface area (Å²) < 4.78 is 5.39. The Morgan fingerprint density at radius 1 is 1.10 bits per heavy atom. The SMILES string of the molecule is CC(C)(C)OC(=O)N(Nc1ccccc1)C(=O)[C@@H](N)Cc1c[nH]c2ccccc12. The van der Waals surface area contributed by atoms with Crippen molar-refractivity contribution < 1.29 is 14.3 Å². The van der Waals surface area contributed by atoms with Gasteiger partial charge in [0.1, 0.15) is 5.60 Å². The van der Waals surface area contributed by atoms with E-state index < -0.39 is 23.6 Å². The number of benzene rings is 2. The molecule has 0 saturated carbocycles. The molecule has 0 aliphatic heterocycles. The van der Waals surface area contributed by atoms with Crippen LogP contribution in [0, 0.1) is 0 Å². The number of para-hydroxylation sites is 2. The average Bonchev–Trinajstić information content (AvgIpc) is 3.08. The number of nitrogens with one attached hydrogen (secondary N) is 2. The number of rotatable bonds is 5.